The first-order valence-corrected chi connectivity index (χ1v) is 6.84. The van der Waals surface area contributed by atoms with Gasteiger partial charge in [0.25, 0.3) is 5.56 Å². The summed E-state index contributed by atoms with van der Waals surface area (Å²) in [5, 5.41) is 0. The van der Waals surface area contributed by atoms with E-state index in [2.05, 4.69) is 4.98 Å². The van der Waals surface area contributed by atoms with Gasteiger partial charge in [-0.2, -0.15) is 4.90 Å². The molecule has 0 saturated heterocycles. The van der Waals surface area contributed by atoms with Gasteiger partial charge < -0.3 is 14.5 Å². The summed E-state index contributed by atoms with van der Waals surface area (Å²) in [6.45, 7) is 9.96. The molecule has 0 aliphatic rings. The number of pyridine rings is 1. The minimum absolute atomic E-state index is 0.161. The van der Waals surface area contributed by atoms with Crippen molar-refractivity contribution in [3.05, 3.63) is 28.7 Å². The average Bonchev–Trinajstić information content (AvgIpc) is 2.27. The van der Waals surface area contributed by atoms with Crippen LogP contribution in [0.15, 0.2) is 23.1 Å². The summed E-state index contributed by atoms with van der Waals surface area (Å²) < 4.78 is 10.4. The third kappa shape index (κ3) is 5.23. The molecular formula is C15H22N2O5. The second kappa shape index (κ2) is 6.21. The van der Waals surface area contributed by atoms with Gasteiger partial charge in [-0.3, -0.25) is 4.79 Å². The van der Waals surface area contributed by atoms with Crippen LogP contribution in [0.5, 0.6) is 0 Å². The third-order valence-corrected chi connectivity index (χ3v) is 2.19. The molecule has 2 amide bonds. The molecule has 1 N–H and O–H groups in total. The number of hydrogen-bond donors (Lipinski definition) is 1. The summed E-state index contributed by atoms with van der Waals surface area (Å²) in [7, 11) is 0. The van der Waals surface area contributed by atoms with Crippen molar-refractivity contribution in [2.24, 2.45) is 0 Å². The maximum absolute atomic E-state index is 12.3. The van der Waals surface area contributed by atoms with E-state index >= 15 is 0 Å². The Morgan fingerprint density at radius 1 is 1.00 bits per heavy atom. The standard InChI is InChI=1S/C15H22N2O5/c1-14(2,3)21-12(19)17(13(20)22-15(4,5)6)10-8-7-9-16-11(10)18/h7-9H,1-6H3,(H,16,18). The van der Waals surface area contributed by atoms with Gasteiger partial charge in [-0.05, 0) is 53.7 Å². The van der Waals surface area contributed by atoms with Crippen LogP contribution in [0.3, 0.4) is 0 Å². The summed E-state index contributed by atoms with van der Waals surface area (Å²) in [6, 6.07) is 2.84. The van der Waals surface area contributed by atoms with E-state index in [-0.39, 0.29) is 5.69 Å². The largest absolute Gasteiger partial charge is 0.443 e. The normalized spacial score (nSPS) is 11.7. The Labute approximate surface area is 129 Å². The maximum atomic E-state index is 12.3. The summed E-state index contributed by atoms with van der Waals surface area (Å²) in [6.07, 6.45) is -0.550. The van der Waals surface area contributed by atoms with Crippen molar-refractivity contribution < 1.29 is 19.1 Å². The Bertz CT molecular complexity index is 579. The number of rotatable bonds is 1. The lowest BCUT2D eigenvalue weighted by molar-refractivity contribution is 0.0430. The summed E-state index contributed by atoms with van der Waals surface area (Å²) >= 11 is 0. The molecule has 22 heavy (non-hydrogen) atoms. The van der Waals surface area contributed by atoms with E-state index in [1.807, 2.05) is 0 Å². The predicted molar refractivity (Wildman–Crippen MR) is 82.0 cm³/mol. The second-order valence-corrected chi connectivity index (χ2v) is 6.68. The highest BCUT2D eigenvalue weighted by Crippen LogP contribution is 2.18. The fourth-order valence-electron chi connectivity index (χ4n) is 1.48. The van der Waals surface area contributed by atoms with Gasteiger partial charge in [-0.15, -0.1) is 0 Å². The Morgan fingerprint density at radius 3 is 1.82 bits per heavy atom. The molecule has 1 heterocycles. The number of carbonyl (C=O) groups excluding carboxylic acids is 2. The van der Waals surface area contributed by atoms with Gasteiger partial charge >= 0.3 is 12.2 Å². The summed E-state index contributed by atoms with van der Waals surface area (Å²) in [5.41, 5.74) is -2.40. The summed E-state index contributed by atoms with van der Waals surface area (Å²) in [4.78, 5) is 39.5. The molecule has 0 spiro atoms. The highest BCUT2D eigenvalue weighted by molar-refractivity contribution is 6.09. The number of ether oxygens (including phenoxy) is 2. The van der Waals surface area contributed by atoms with Crippen molar-refractivity contribution in [1.82, 2.24) is 4.98 Å². The van der Waals surface area contributed by atoms with Gasteiger partial charge in [0, 0.05) is 6.20 Å². The van der Waals surface area contributed by atoms with E-state index in [4.69, 9.17) is 9.47 Å². The van der Waals surface area contributed by atoms with Crippen LogP contribution in [-0.2, 0) is 9.47 Å². The van der Waals surface area contributed by atoms with Crippen molar-refractivity contribution in [2.45, 2.75) is 52.7 Å². The number of amides is 2. The quantitative estimate of drug-likeness (QED) is 0.861. The Kier molecular flexibility index (Phi) is 5.01. The molecule has 7 nitrogen and oxygen atoms in total. The predicted octanol–water partition coefficient (Wildman–Crippen LogP) is 3.05. The fraction of sp³-hybridized carbons (Fsp3) is 0.533. The van der Waals surface area contributed by atoms with E-state index in [0.29, 0.717) is 4.90 Å². The molecule has 0 unspecified atom stereocenters. The minimum Gasteiger partial charge on any atom is -0.443 e. The van der Waals surface area contributed by atoms with Crippen LogP contribution in [0.4, 0.5) is 15.3 Å². The molecule has 0 saturated carbocycles. The highest BCUT2D eigenvalue weighted by atomic mass is 16.6. The molecule has 0 aromatic carbocycles. The lowest BCUT2D eigenvalue weighted by Gasteiger charge is -2.28. The molecule has 1 aromatic heterocycles. The lowest BCUT2D eigenvalue weighted by Crippen LogP contribution is -2.45. The Morgan fingerprint density at radius 2 is 1.45 bits per heavy atom. The van der Waals surface area contributed by atoms with E-state index < -0.39 is 28.9 Å². The van der Waals surface area contributed by atoms with Crippen molar-refractivity contribution in [2.75, 3.05) is 4.90 Å². The Balaban J connectivity index is 3.22. The van der Waals surface area contributed by atoms with Crippen molar-refractivity contribution in [3.8, 4) is 0 Å². The fourth-order valence-corrected chi connectivity index (χ4v) is 1.48. The second-order valence-electron chi connectivity index (χ2n) is 6.68. The lowest BCUT2D eigenvalue weighted by atomic mass is 10.2. The molecule has 0 atom stereocenters. The van der Waals surface area contributed by atoms with Crippen molar-refractivity contribution >= 4 is 17.9 Å². The molecule has 122 valence electrons. The number of nitrogens with one attached hydrogen (secondary N) is 1. The zero-order chi connectivity index (χ0) is 17.1. The van der Waals surface area contributed by atoms with Crippen LogP contribution in [0, 0.1) is 0 Å². The third-order valence-electron chi connectivity index (χ3n) is 2.19. The molecule has 0 bridgehead atoms. The molecular weight excluding hydrogens is 288 g/mol. The molecule has 1 aromatic rings. The molecule has 0 aliphatic carbocycles. The number of hydrogen-bond acceptors (Lipinski definition) is 5. The van der Waals surface area contributed by atoms with Crippen LogP contribution in [0.2, 0.25) is 0 Å². The molecule has 0 radical (unpaired) electrons. The van der Waals surface area contributed by atoms with Gasteiger partial charge in [-0.1, -0.05) is 0 Å². The van der Waals surface area contributed by atoms with Crippen molar-refractivity contribution in [1.29, 1.82) is 0 Å². The van der Waals surface area contributed by atoms with Crippen LogP contribution < -0.4 is 10.5 Å². The first-order valence-electron chi connectivity index (χ1n) is 6.84. The van der Waals surface area contributed by atoms with E-state index in [9.17, 15) is 14.4 Å². The highest BCUT2D eigenvalue weighted by Gasteiger charge is 2.33. The van der Waals surface area contributed by atoms with Gasteiger partial charge in [-0.25, -0.2) is 9.59 Å². The molecule has 1 rings (SSSR count). The van der Waals surface area contributed by atoms with Crippen LogP contribution in [-0.4, -0.2) is 28.4 Å². The summed E-state index contributed by atoms with van der Waals surface area (Å²) in [5.74, 6) is 0. The molecule has 0 fully saturated rings. The van der Waals surface area contributed by atoms with Gasteiger partial charge in [0.2, 0.25) is 0 Å². The Hall–Kier alpha value is -2.31. The van der Waals surface area contributed by atoms with Gasteiger partial charge in [0.05, 0.1) is 0 Å². The first-order chi connectivity index (χ1) is 9.91. The number of aromatic nitrogens is 1. The number of carbonyl (C=O) groups is 2. The molecule has 0 aliphatic heterocycles. The van der Waals surface area contributed by atoms with Gasteiger partial charge in [0.1, 0.15) is 16.9 Å². The topological polar surface area (TPSA) is 88.7 Å². The van der Waals surface area contributed by atoms with Crippen LogP contribution >= 0.6 is 0 Å². The van der Waals surface area contributed by atoms with Crippen LogP contribution in [0.1, 0.15) is 41.5 Å². The number of H-pyrrole nitrogens is 1. The van der Waals surface area contributed by atoms with E-state index in [1.165, 1.54) is 18.3 Å². The zero-order valence-corrected chi connectivity index (χ0v) is 13.7. The van der Waals surface area contributed by atoms with E-state index in [0.717, 1.165) is 0 Å². The SMILES string of the molecule is CC(C)(C)OC(=O)N(C(=O)OC(C)(C)C)c1ccc[nH]c1=O. The molecule has 7 heteroatoms. The monoisotopic (exact) mass is 310 g/mol. The maximum Gasteiger partial charge on any atom is 0.424 e. The van der Waals surface area contributed by atoms with Crippen molar-refractivity contribution in [3.63, 3.8) is 0 Å². The smallest absolute Gasteiger partial charge is 0.424 e. The van der Waals surface area contributed by atoms with Crippen LogP contribution in [0.25, 0.3) is 0 Å². The number of aromatic amines is 1. The number of nitrogens with zero attached hydrogens (tertiary/aromatic N) is 1. The zero-order valence-electron chi connectivity index (χ0n) is 13.7. The average molecular weight is 310 g/mol. The van der Waals surface area contributed by atoms with Gasteiger partial charge in [0.15, 0.2) is 0 Å². The number of anilines is 1. The van der Waals surface area contributed by atoms with E-state index in [1.54, 1.807) is 41.5 Å². The number of imide groups is 1. The first kappa shape index (κ1) is 17.7. The minimum atomic E-state index is -0.974.